The number of nitrogens with one attached hydrogen (secondary N) is 1. The molecule has 5 nitrogen and oxygen atoms in total. The molecule has 0 spiro atoms. The average Bonchev–Trinajstić information content (AvgIpc) is 3.01. The Kier molecular flexibility index (Phi) is 3.93. The second-order valence-corrected chi connectivity index (χ2v) is 5.44. The smallest absolute Gasteiger partial charge is 0.277 e. The summed E-state index contributed by atoms with van der Waals surface area (Å²) >= 11 is 0. The van der Waals surface area contributed by atoms with Crippen molar-refractivity contribution in [3.63, 3.8) is 0 Å². The Hall–Kier alpha value is -2.95. The zero-order chi connectivity index (χ0) is 16.4. The summed E-state index contributed by atoms with van der Waals surface area (Å²) < 4.78 is 5.26. The summed E-state index contributed by atoms with van der Waals surface area (Å²) in [5.41, 5.74) is 4.50. The summed E-state index contributed by atoms with van der Waals surface area (Å²) in [6.07, 6.45) is 0. The van der Waals surface area contributed by atoms with Crippen LogP contribution in [0, 0.1) is 20.8 Å². The molecule has 0 aliphatic rings. The van der Waals surface area contributed by atoms with Crippen LogP contribution >= 0.6 is 0 Å². The first kappa shape index (κ1) is 15.0. The Morgan fingerprint density at radius 1 is 1.09 bits per heavy atom. The zero-order valence-corrected chi connectivity index (χ0v) is 13.3. The Balaban J connectivity index is 1.84. The van der Waals surface area contributed by atoms with Gasteiger partial charge in [-0.15, -0.1) is 0 Å². The fourth-order valence-electron chi connectivity index (χ4n) is 2.51. The molecule has 116 valence electrons. The van der Waals surface area contributed by atoms with Crippen LogP contribution < -0.4 is 5.32 Å². The lowest BCUT2D eigenvalue weighted by atomic mass is 10.1. The van der Waals surface area contributed by atoms with Gasteiger partial charge in [-0.2, -0.15) is 0 Å². The Morgan fingerprint density at radius 2 is 1.83 bits per heavy atom. The van der Waals surface area contributed by atoms with Gasteiger partial charge in [0.2, 0.25) is 0 Å². The standard InChI is InChI=1S/C18H17N3O2/c1-11-9-12(2)19-13(3)17(11)20-18(22)15-10-16(23-21-15)14-7-5-4-6-8-14/h4-10H,1-3H3,(H,20,22). The maximum Gasteiger partial charge on any atom is 0.277 e. The number of aryl methyl sites for hydroxylation is 3. The number of nitrogens with zero attached hydrogens (tertiary/aromatic N) is 2. The molecule has 1 N–H and O–H groups in total. The molecule has 0 fully saturated rings. The van der Waals surface area contributed by atoms with E-state index in [2.05, 4.69) is 15.5 Å². The maximum atomic E-state index is 12.4. The molecule has 0 radical (unpaired) electrons. The van der Waals surface area contributed by atoms with E-state index in [1.807, 2.05) is 57.2 Å². The van der Waals surface area contributed by atoms with E-state index in [1.54, 1.807) is 6.07 Å². The average molecular weight is 307 g/mol. The largest absolute Gasteiger partial charge is 0.355 e. The number of benzene rings is 1. The molecule has 3 rings (SSSR count). The minimum Gasteiger partial charge on any atom is -0.355 e. The van der Waals surface area contributed by atoms with Gasteiger partial charge in [-0.3, -0.25) is 9.78 Å². The molecular weight excluding hydrogens is 290 g/mol. The Morgan fingerprint density at radius 3 is 2.52 bits per heavy atom. The minimum absolute atomic E-state index is 0.239. The summed E-state index contributed by atoms with van der Waals surface area (Å²) in [6, 6.07) is 13.1. The second-order valence-electron chi connectivity index (χ2n) is 5.44. The van der Waals surface area contributed by atoms with Crippen LogP contribution in [-0.2, 0) is 0 Å². The van der Waals surface area contributed by atoms with Crippen molar-refractivity contribution in [2.45, 2.75) is 20.8 Å². The summed E-state index contributed by atoms with van der Waals surface area (Å²) in [7, 11) is 0. The van der Waals surface area contributed by atoms with Crippen LogP contribution in [0.4, 0.5) is 5.69 Å². The first-order chi connectivity index (χ1) is 11.0. The highest BCUT2D eigenvalue weighted by molar-refractivity contribution is 6.04. The summed E-state index contributed by atoms with van der Waals surface area (Å²) in [4.78, 5) is 16.8. The topological polar surface area (TPSA) is 68.0 Å². The van der Waals surface area contributed by atoms with Crippen molar-refractivity contribution in [2.24, 2.45) is 0 Å². The predicted octanol–water partition coefficient (Wildman–Crippen LogP) is 3.91. The van der Waals surface area contributed by atoms with Crippen LogP contribution in [0.3, 0.4) is 0 Å². The number of rotatable bonds is 3. The Bertz CT molecular complexity index is 831. The van der Waals surface area contributed by atoms with Crippen LogP contribution in [0.1, 0.15) is 27.4 Å². The van der Waals surface area contributed by atoms with E-state index in [4.69, 9.17) is 4.52 Å². The number of anilines is 1. The van der Waals surface area contributed by atoms with E-state index in [0.29, 0.717) is 11.4 Å². The van der Waals surface area contributed by atoms with Gasteiger partial charge in [-0.1, -0.05) is 35.5 Å². The van der Waals surface area contributed by atoms with Crippen LogP contribution in [0.15, 0.2) is 47.0 Å². The highest BCUT2D eigenvalue weighted by Gasteiger charge is 2.16. The highest BCUT2D eigenvalue weighted by atomic mass is 16.5. The van der Waals surface area contributed by atoms with E-state index < -0.39 is 0 Å². The number of aromatic nitrogens is 2. The van der Waals surface area contributed by atoms with Gasteiger partial charge in [0.15, 0.2) is 11.5 Å². The van der Waals surface area contributed by atoms with E-state index in [9.17, 15) is 4.79 Å². The van der Waals surface area contributed by atoms with Gasteiger partial charge in [0.1, 0.15) is 0 Å². The summed E-state index contributed by atoms with van der Waals surface area (Å²) in [6.45, 7) is 5.73. The minimum atomic E-state index is -0.312. The molecule has 5 heteroatoms. The van der Waals surface area contributed by atoms with Crippen molar-refractivity contribution in [2.75, 3.05) is 5.32 Å². The molecule has 1 amide bonds. The fraction of sp³-hybridized carbons (Fsp3) is 0.167. The van der Waals surface area contributed by atoms with Gasteiger partial charge in [-0.05, 0) is 32.4 Å². The number of hydrogen-bond acceptors (Lipinski definition) is 4. The van der Waals surface area contributed by atoms with Crippen LogP contribution in [0.5, 0.6) is 0 Å². The monoisotopic (exact) mass is 307 g/mol. The normalized spacial score (nSPS) is 10.6. The first-order valence-corrected chi connectivity index (χ1v) is 7.33. The third-order valence-corrected chi connectivity index (χ3v) is 3.57. The molecule has 23 heavy (non-hydrogen) atoms. The van der Waals surface area contributed by atoms with E-state index in [1.165, 1.54) is 0 Å². The van der Waals surface area contributed by atoms with Gasteiger partial charge in [0, 0.05) is 17.3 Å². The van der Waals surface area contributed by atoms with Gasteiger partial charge >= 0.3 is 0 Å². The zero-order valence-electron chi connectivity index (χ0n) is 13.3. The van der Waals surface area contributed by atoms with Crippen LogP contribution in [0.25, 0.3) is 11.3 Å². The molecule has 3 aromatic rings. The lowest BCUT2D eigenvalue weighted by molar-refractivity contribution is 0.101. The lowest BCUT2D eigenvalue weighted by Crippen LogP contribution is -2.14. The quantitative estimate of drug-likeness (QED) is 0.796. The van der Waals surface area contributed by atoms with Gasteiger partial charge in [0.05, 0.1) is 11.4 Å². The SMILES string of the molecule is Cc1cc(C)c(NC(=O)c2cc(-c3ccccc3)on2)c(C)n1. The number of amides is 1. The fourth-order valence-corrected chi connectivity index (χ4v) is 2.51. The van der Waals surface area contributed by atoms with Gasteiger partial charge < -0.3 is 9.84 Å². The number of hydrogen-bond donors (Lipinski definition) is 1. The van der Waals surface area contributed by atoms with E-state index in [0.717, 1.165) is 22.5 Å². The van der Waals surface area contributed by atoms with E-state index in [-0.39, 0.29) is 11.6 Å². The van der Waals surface area contributed by atoms with Crippen molar-refractivity contribution in [1.29, 1.82) is 0 Å². The molecule has 2 aromatic heterocycles. The van der Waals surface area contributed by atoms with Crippen LogP contribution in [-0.4, -0.2) is 16.0 Å². The molecular formula is C18H17N3O2. The van der Waals surface area contributed by atoms with Gasteiger partial charge in [-0.25, -0.2) is 0 Å². The van der Waals surface area contributed by atoms with Crippen molar-refractivity contribution in [1.82, 2.24) is 10.1 Å². The van der Waals surface area contributed by atoms with Crippen molar-refractivity contribution >= 4 is 11.6 Å². The molecule has 0 saturated heterocycles. The predicted molar refractivity (Wildman–Crippen MR) is 88.3 cm³/mol. The van der Waals surface area contributed by atoms with Gasteiger partial charge in [0.25, 0.3) is 5.91 Å². The van der Waals surface area contributed by atoms with Crippen molar-refractivity contribution in [3.8, 4) is 11.3 Å². The molecule has 1 aromatic carbocycles. The molecule has 0 unspecified atom stereocenters. The van der Waals surface area contributed by atoms with Crippen molar-refractivity contribution < 1.29 is 9.32 Å². The lowest BCUT2D eigenvalue weighted by Gasteiger charge is -2.10. The molecule has 0 aliphatic heterocycles. The molecule has 2 heterocycles. The molecule has 0 aliphatic carbocycles. The third-order valence-electron chi connectivity index (χ3n) is 3.57. The molecule has 0 atom stereocenters. The second kappa shape index (κ2) is 6.04. The summed E-state index contributed by atoms with van der Waals surface area (Å²) in [5, 5.41) is 6.72. The third kappa shape index (κ3) is 3.13. The summed E-state index contributed by atoms with van der Waals surface area (Å²) in [5.74, 6) is 0.249. The number of pyridine rings is 1. The highest BCUT2D eigenvalue weighted by Crippen LogP contribution is 2.22. The van der Waals surface area contributed by atoms with Crippen molar-refractivity contribution in [3.05, 3.63) is 65.1 Å². The first-order valence-electron chi connectivity index (χ1n) is 7.33. The molecule has 0 saturated carbocycles. The number of carbonyl (C=O) groups is 1. The Labute approximate surface area is 134 Å². The van der Waals surface area contributed by atoms with E-state index >= 15 is 0 Å². The number of carbonyl (C=O) groups excluding carboxylic acids is 1. The molecule has 0 bridgehead atoms. The van der Waals surface area contributed by atoms with Crippen LogP contribution in [0.2, 0.25) is 0 Å². The maximum absolute atomic E-state index is 12.4.